The maximum Gasteiger partial charge on any atom is 0.419 e. The maximum atomic E-state index is 13.9. The van der Waals surface area contributed by atoms with Crippen LogP contribution in [0.3, 0.4) is 0 Å². The van der Waals surface area contributed by atoms with E-state index in [4.69, 9.17) is 13.9 Å². The van der Waals surface area contributed by atoms with Crippen LogP contribution in [0.2, 0.25) is 38.8 Å². The molecule has 0 aliphatic heterocycles. The van der Waals surface area contributed by atoms with Gasteiger partial charge in [-0.25, -0.2) is 9.36 Å². The summed E-state index contributed by atoms with van der Waals surface area (Å²) in [5.41, 5.74) is 0.595. The number of hydrogen-bond acceptors (Lipinski definition) is 7. The highest BCUT2D eigenvalue weighted by atomic mass is 28.3. The molecule has 1 radical (unpaired) electrons. The van der Waals surface area contributed by atoms with Crippen molar-refractivity contribution in [2.75, 3.05) is 13.2 Å². The number of carbonyl (C=O) groups is 2. The minimum atomic E-state index is -1.36. The molecular weight excluding hydrogens is 581 g/mol. The van der Waals surface area contributed by atoms with E-state index in [2.05, 4.69) is 53.5 Å². The van der Waals surface area contributed by atoms with Gasteiger partial charge in [-0.2, -0.15) is 0 Å². The molecule has 2 unspecified atom stereocenters. The molecule has 1 aliphatic rings. The van der Waals surface area contributed by atoms with E-state index in [0.29, 0.717) is 17.5 Å². The van der Waals surface area contributed by atoms with Crippen molar-refractivity contribution < 1.29 is 28.4 Å². The number of nitro groups is 1. The number of allylic oxidation sites excluding steroid dienone is 2. The van der Waals surface area contributed by atoms with Crippen LogP contribution in [0.1, 0.15) is 58.9 Å². The highest BCUT2D eigenvalue weighted by Gasteiger charge is 2.35. The average Bonchev–Trinajstić information content (AvgIpc) is 3.22. The predicted molar refractivity (Wildman–Crippen MR) is 175 cm³/mol. The molecule has 1 aromatic carbocycles. The summed E-state index contributed by atoms with van der Waals surface area (Å²) in [5, 5.41) is 12.7. The molecule has 11 heteroatoms. The highest BCUT2D eigenvalue weighted by molar-refractivity contribution is 6.76. The first-order chi connectivity index (χ1) is 19.7. The van der Waals surface area contributed by atoms with Crippen LogP contribution < -0.4 is 0 Å². The van der Waals surface area contributed by atoms with Gasteiger partial charge < -0.3 is 13.9 Å². The van der Waals surface area contributed by atoms with Crippen LogP contribution in [0, 0.1) is 21.4 Å². The molecule has 2 aromatic rings. The number of aromatic nitrogens is 1. The minimum absolute atomic E-state index is 0.0253. The Kier molecular flexibility index (Phi) is 10.5. The molecule has 0 saturated heterocycles. The fourth-order valence-corrected chi connectivity index (χ4v) is 6.57. The number of ketones is 1. The van der Waals surface area contributed by atoms with Crippen LogP contribution in [0.15, 0.2) is 42.1 Å². The topological polar surface area (TPSA) is 110 Å². The molecule has 235 valence electrons. The van der Waals surface area contributed by atoms with E-state index >= 15 is 0 Å². The molecule has 0 saturated carbocycles. The largest absolute Gasteiger partial charge is 0.443 e. The molecular formula is C32H47N2O7Si2. The Bertz CT molecular complexity index is 1440. The third-order valence-electron chi connectivity index (χ3n) is 6.89. The number of Topliss-reactive ketones (excluding diaryl/α,β-unsaturated/α-hetero) is 1. The molecule has 0 spiro atoms. The third-order valence-corrected chi connectivity index (χ3v) is 9.30. The lowest BCUT2D eigenvalue weighted by atomic mass is 9.84. The van der Waals surface area contributed by atoms with E-state index in [1.807, 2.05) is 18.2 Å². The zero-order valence-electron chi connectivity index (χ0n) is 27.5. The summed E-state index contributed by atoms with van der Waals surface area (Å²) in [6, 6.07) is 8.38. The molecule has 2 atom stereocenters. The molecule has 1 aromatic heterocycles. The number of nitrogens with zero attached hydrogens (tertiary/aromatic N) is 2. The van der Waals surface area contributed by atoms with E-state index < -0.39 is 39.6 Å². The molecule has 3 rings (SSSR count). The van der Waals surface area contributed by atoms with Crippen molar-refractivity contribution >= 4 is 45.5 Å². The summed E-state index contributed by atoms with van der Waals surface area (Å²) >= 11 is 0. The summed E-state index contributed by atoms with van der Waals surface area (Å²) in [4.78, 5) is 39.0. The van der Waals surface area contributed by atoms with Crippen molar-refractivity contribution in [1.82, 2.24) is 4.57 Å². The van der Waals surface area contributed by atoms with Crippen LogP contribution in [-0.2, 0) is 18.7 Å². The van der Waals surface area contributed by atoms with Crippen LogP contribution in [0.4, 0.5) is 4.79 Å². The van der Waals surface area contributed by atoms with Crippen molar-refractivity contribution in [1.29, 1.82) is 0 Å². The third kappa shape index (κ3) is 9.07. The average molecular weight is 628 g/mol. The molecule has 1 heterocycles. The van der Waals surface area contributed by atoms with Gasteiger partial charge in [-0.15, -0.1) is 0 Å². The van der Waals surface area contributed by atoms with Crippen LogP contribution in [0.5, 0.6) is 0 Å². The van der Waals surface area contributed by atoms with Crippen molar-refractivity contribution in [2.45, 2.75) is 92.0 Å². The molecule has 0 fully saturated rings. The summed E-state index contributed by atoms with van der Waals surface area (Å²) in [6.07, 6.45) is 1.74. The Morgan fingerprint density at radius 1 is 1.12 bits per heavy atom. The lowest BCUT2D eigenvalue weighted by Gasteiger charge is -2.33. The van der Waals surface area contributed by atoms with Crippen LogP contribution in [-0.4, -0.2) is 57.3 Å². The first-order valence-electron chi connectivity index (χ1n) is 14.7. The summed E-state index contributed by atoms with van der Waals surface area (Å²) in [6.45, 7) is 23.0. The number of carbonyl (C=O) groups excluding carboxylic acids is 2. The van der Waals surface area contributed by atoms with Gasteiger partial charge in [0.15, 0.2) is 5.78 Å². The Morgan fingerprint density at radius 3 is 2.30 bits per heavy atom. The lowest BCUT2D eigenvalue weighted by Crippen LogP contribution is -2.30. The Morgan fingerprint density at radius 2 is 1.77 bits per heavy atom. The summed E-state index contributed by atoms with van der Waals surface area (Å²) in [7, 11) is -2.38. The number of fused-ring (bicyclic) bond motifs is 1. The second-order valence-corrected chi connectivity index (χ2v) is 22.4. The number of hydrogen-bond donors (Lipinski definition) is 0. The smallest absolute Gasteiger partial charge is 0.419 e. The van der Waals surface area contributed by atoms with Crippen molar-refractivity contribution in [3.8, 4) is 0 Å². The van der Waals surface area contributed by atoms with Gasteiger partial charge in [0.25, 0.3) is 5.70 Å². The van der Waals surface area contributed by atoms with Crippen molar-refractivity contribution in [3.05, 3.63) is 63.5 Å². The van der Waals surface area contributed by atoms with Gasteiger partial charge in [-0.05, 0) is 69.1 Å². The van der Waals surface area contributed by atoms with Crippen LogP contribution in [0.25, 0.3) is 16.5 Å². The monoisotopic (exact) mass is 627 g/mol. The Hall–Kier alpha value is -2.87. The first kappa shape index (κ1) is 34.6. The maximum absolute atomic E-state index is 13.9. The molecule has 9 nitrogen and oxygen atoms in total. The van der Waals surface area contributed by atoms with Crippen molar-refractivity contribution in [3.63, 3.8) is 0 Å². The van der Waals surface area contributed by atoms with Gasteiger partial charge in [-0.3, -0.25) is 14.9 Å². The summed E-state index contributed by atoms with van der Waals surface area (Å²) in [5.74, 6) is -1.19. The number of ether oxygens (including phenoxy) is 2. The fraction of sp³-hybridized carbons (Fsp3) is 0.562. The summed E-state index contributed by atoms with van der Waals surface area (Å²) < 4.78 is 19.3. The van der Waals surface area contributed by atoms with E-state index in [1.165, 1.54) is 16.7 Å². The SMILES string of the molecule is C[Si](C)OC(c1ccc2c(c1)cc(C1=CC([N+](=O)[O-])=CC(COCC[Si](C)(C)C)C1=O)n2C(=O)OC(C)(C)C)C(C)(C)C. The second-order valence-electron chi connectivity index (χ2n) is 14.7. The van der Waals surface area contributed by atoms with Gasteiger partial charge in [0.2, 0.25) is 9.04 Å². The molecule has 0 bridgehead atoms. The quantitative estimate of drug-likeness (QED) is 0.114. The van der Waals surface area contributed by atoms with Gasteiger partial charge >= 0.3 is 6.09 Å². The normalized spacial score (nSPS) is 17.2. The van der Waals surface area contributed by atoms with E-state index in [1.54, 1.807) is 26.8 Å². The Balaban J connectivity index is 2.16. The van der Waals surface area contributed by atoms with Gasteiger partial charge in [-0.1, -0.05) is 46.5 Å². The lowest BCUT2D eigenvalue weighted by molar-refractivity contribution is -0.419. The molecule has 0 amide bonds. The zero-order chi connectivity index (χ0) is 32.5. The standard InChI is InChI=1S/C32H47N2O7Si2/c1-31(2,3)29(41-42(7)8)21-12-13-26-22(16-21)18-27(33(26)30(36)40-32(4,5)6)25-19-24(34(37)38)17-23(28(25)35)20-39-14-15-43(9,10)11/h12-13,16-19,23,29H,14-15,20H2,1-11H3. The number of benzene rings is 1. The second kappa shape index (κ2) is 13.0. The van der Waals surface area contributed by atoms with Crippen LogP contribution >= 0.6 is 0 Å². The first-order valence-corrected chi connectivity index (χ1v) is 20.9. The molecule has 1 aliphatic carbocycles. The molecule has 43 heavy (non-hydrogen) atoms. The van der Waals surface area contributed by atoms with E-state index in [9.17, 15) is 19.7 Å². The van der Waals surface area contributed by atoms with Gasteiger partial charge in [0.1, 0.15) is 5.60 Å². The van der Waals surface area contributed by atoms with Gasteiger partial charge in [0, 0.05) is 37.8 Å². The predicted octanol–water partition coefficient (Wildman–Crippen LogP) is 7.88. The zero-order valence-corrected chi connectivity index (χ0v) is 29.5. The fourth-order valence-electron chi connectivity index (χ4n) is 4.85. The van der Waals surface area contributed by atoms with Crippen molar-refractivity contribution in [2.24, 2.45) is 11.3 Å². The Labute approximate surface area is 258 Å². The van der Waals surface area contributed by atoms with E-state index in [0.717, 1.165) is 11.6 Å². The van der Waals surface area contributed by atoms with E-state index in [-0.39, 0.29) is 40.9 Å². The highest BCUT2D eigenvalue weighted by Crippen LogP contribution is 2.39. The minimum Gasteiger partial charge on any atom is -0.443 e. The van der Waals surface area contributed by atoms with Gasteiger partial charge in [0.05, 0.1) is 34.8 Å². The molecule has 0 N–H and O–H groups in total. The number of rotatable bonds is 10.